The van der Waals surface area contributed by atoms with E-state index in [0.29, 0.717) is 43.8 Å². The van der Waals surface area contributed by atoms with Gasteiger partial charge < -0.3 is 25.2 Å². The number of ether oxygens (including phenoxy) is 2. The predicted octanol–water partition coefficient (Wildman–Crippen LogP) is 1.75. The van der Waals surface area contributed by atoms with E-state index in [0.717, 1.165) is 25.4 Å². The Labute approximate surface area is 173 Å². The van der Waals surface area contributed by atoms with Gasteiger partial charge in [-0.1, -0.05) is 17.7 Å². The number of benzene rings is 1. The van der Waals surface area contributed by atoms with Gasteiger partial charge in [0.25, 0.3) is 0 Å². The van der Waals surface area contributed by atoms with Gasteiger partial charge in [0.15, 0.2) is 5.96 Å². The highest BCUT2D eigenvalue weighted by molar-refractivity contribution is 6.30. The summed E-state index contributed by atoms with van der Waals surface area (Å²) in [6.45, 7) is 11.1. The Balaban J connectivity index is 1.83. The van der Waals surface area contributed by atoms with E-state index in [4.69, 9.17) is 21.1 Å². The number of halogens is 1. The molecule has 158 valence electrons. The fraction of sp³-hybridized carbons (Fsp3) is 0.650. The first kappa shape index (κ1) is 22.7. The van der Waals surface area contributed by atoms with Crippen molar-refractivity contribution in [3.63, 3.8) is 0 Å². The number of guanidine groups is 1. The molecule has 28 heavy (non-hydrogen) atoms. The summed E-state index contributed by atoms with van der Waals surface area (Å²) in [5.74, 6) is 1.39. The SMILES string of the molecule is CCNC(=NCC(C)(O)CN1CCOCC1)NCC(C)Oc1cccc(Cl)c1. The molecule has 2 rings (SSSR count). The Morgan fingerprint density at radius 1 is 1.39 bits per heavy atom. The Kier molecular flexibility index (Phi) is 9.31. The highest BCUT2D eigenvalue weighted by Crippen LogP contribution is 2.18. The van der Waals surface area contributed by atoms with Crippen LogP contribution in [0.1, 0.15) is 20.8 Å². The van der Waals surface area contributed by atoms with E-state index in [9.17, 15) is 5.11 Å². The number of hydrogen-bond acceptors (Lipinski definition) is 5. The summed E-state index contributed by atoms with van der Waals surface area (Å²) >= 11 is 5.99. The fourth-order valence-electron chi connectivity index (χ4n) is 2.94. The fourth-order valence-corrected chi connectivity index (χ4v) is 3.12. The molecule has 0 spiro atoms. The van der Waals surface area contributed by atoms with Gasteiger partial charge >= 0.3 is 0 Å². The van der Waals surface area contributed by atoms with Crippen molar-refractivity contribution in [2.75, 3.05) is 52.5 Å². The van der Waals surface area contributed by atoms with Gasteiger partial charge in [-0.25, -0.2) is 0 Å². The van der Waals surface area contributed by atoms with Crippen molar-refractivity contribution in [1.29, 1.82) is 0 Å². The molecule has 1 aromatic rings. The summed E-state index contributed by atoms with van der Waals surface area (Å²) in [5.41, 5.74) is -0.900. The van der Waals surface area contributed by atoms with Crippen molar-refractivity contribution < 1.29 is 14.6 Å². The molecule has 0 saturated carbocycles. The number of aliphatic hydroxyl groups is 1. The van der Waals surface area contributed by atoms with Crippen LogP contribution in [0.5, 0.6) is 5.75 Å². The van der Waals surface area contributed by atoms with Crippen molar-refractivity contribution in [2.45, 2.75) is 32.5 Å². The number of aliphatic imine (C=N–C) groups is 1. The van der Waals surface area contributed by atoms with Gasteiger partial charge in [-0.2, -0.15) is 0 Å². The van der Waals surface area contributed by atoms with Crippen LogP contribution in [0.3, 0.4) is 0 Å². The lowest BCUT2D eigenvalue weighted by Gasteiger charge is -2.33. The lowest BCUT2D eigenvalue weighted by Crippen LogP contribution is -2.48. The molecule has 1 aromatic carbocycles. The van der Waals surface area contributed by atoms with Crippen molar-refractivity contribution in [1.82, 2.24) is 15.5 Å². The molecule has 0 aliphatic carbocycles. The molecular weight excluding hydrogens is 380 g/mol. The van der Waals surface area contributed by atoms with Crippen LogP contribution in [0.25, 0.3) is 0 Å². The van der Waals surface area contributed by atoms with E-state index in [1.54, 1.807) is 6.07 Å². The van der Waals surface area contributed by atoms with Gasteiger partial charge in [0.05, 0.1) is 31.9 Å². The molecule has 0 radical (unpaired) electrons. The molecule has 3 N–H and O–H groups in total. The van der Waals surface area contributed by atoms with Gasteiger partial charge in [-0.15, -0.1) is 0 Å². The Bertz CT molecular complexity index is 621. The van der Waals surface area contributed by atoms with E-state index in [-0.39, 0.29) is 6.10 Å². The Morgan fingerprint density at radius 3 is 2.82 bits per heavy atom. The van der Waals surface area contributed by atoms with Crippen molar-refractivity contribution in [3.05, 3.63) is 29.3 Å². The minimum absolute atomic E-state index is 0.0730. The van der Waals surface area contributed by atoms with Crippen LogP contribution in [0.4, 0.5) is 0 Å². The van der Waals surface area contributed by atoms with Crippen LogP contribution >= 0.6 is 11.6 Å². The number of nitrogens with one attached hydrogen (secondary N) is 2. The highest BCUT2D eigenvalue weighted by Gasteiger charge is 2.25. The van der Waals surface area contributed by atoms with Gasteiger partial charge in [0.2, 0.25) is 0 Å². The third-order valence-electron chi connectivity index (χ3n) is 4.28. The first-order valence-corrected chi connectivity index (χ1v) is 10.2. The zero-order valence-corrected chi connectivity index (χ0v) is 17.8. The number of nitrogens with zero attached hydrogens (tertiary/aromatic N) is 2. The van der Waals surface area contributed by atoms with Crippen LogP contribution in [-0.4, -0.2) is 80.2 Å². The first-order chi connectivity index (χ1) is 13.4. The molecule has 1 aliphatic rings. The van der Waals surface area contributed by atoms with Crippen LogP contribution in [-0.2, 0) is 4.74 Å². The molecule has 0 bridgehead atoms. The van der Waals surface area contributed by atoms with Crippen LogP contribution in [0.2, 0.25) is 5.02 Å². The van der Waals surface area contributed by atoms with Crippen LogP contribution in [0, 0.1) is 0 Å². The average molecular weight is 413 g/mol. The Morgan fingerprint density at radius 2 is 2.14 bits per heavy atom. The predicted molar refractivity (Wildman–Crippen MR) is 113 cm³/mol. The summed E-state index contributed by atoms with van der Waals surface area (Å²) in [5, 5.41) is 17.8. The molecule has 0 aromatic heterocycles. The van der Waals surface area contributed by atoms with Gasteiger partial charge in [-0.3, -0.25) is 9.89 Å². The quantitative estimate of drug-likeness (QED) is 0.423. The van der Waals surface area contributed by atoms with Crippen molar-refractivity contribution in [2.24, 2.45) is 4.99 Å². The molecule has 2 atom stereocenters. The maximum absolute atomic E-state index is 10.7. The molecule has 1 fully saturated rings. The molecule has 1 saturated heterocycles. The second-order valence-electron chi connectivity index (χ2n) is 7.35. The topological polar surface area (TPSA) is 78.4 Å². The third kappa shape index (κ3) is 8.65. The van der Waals surface area contributed by atoms with Gasteiger partial charge in [0, 0.05) is 31.2 Å². The normalized spacial score (nSPS) is 19.0. The van der Waals surface area contributed by atoms with E-state index >= 15 is 0 Å². The second kappa shape index (κ2) is 11.5. The highest BCUT2D eigenvalue weighted by atomic mass is 35.5. The number of hydrogen-bond donors (Lipinski definition) is 3. The van der Waals surface area contributed by atoms with E-state index in [1.807, 2.05) is 39.0 Å². The third-order valence-corrected chi connectivity index (χ3v) is 4.52. The minimum atomic E-state index is -0.900. The number of β-amino-alcohol motifs (C(OH)–C–C–N with tert-alkyl or cyclic N) is 1. The monoisotopic (exact) mass is 412 g/mol. The zero-order chi connectivity index (χ0) is 20.4. The maximum Gasteiger partial charge on any atom is 0.191 e. The lowest BCUT2D eigenvalue weighted by atomic mass is 10.1. The number of rotatable bonds is 9. The number of morpholine rings is 1. The molecule has 2 unspecified atom stereocenters. The summed E-state index contributed by atoms with van der Waals surface area (Å²) in [7, 11) is 0. The molecule has 0 amide bonds. The Hall–Kier alpha value is -1.54. The minimum Gasteiger partial charge on any atom is -0.489 e. The molecule has 7 nitrogen and oxygen atoms in total. The van der Waals surface area contributed by atoms with Gasteiger partial charge in [-0.05, 0) is 39.0 Å². The first-order valence-electron chi connectivity index (χ1n) is 9.85. The van der Waals surface area contributed by atoms with Crippen molar-refractivity contribution >= 4 is 17.6 Å². The summed E-state index contributed by atoms with van der Waals surface area (Å²) in [6, 6.07) is 7.35. The van der Waals surface area contributed by atoms with E-state index in [1.165, 1.54) is 0 Å². The average Bonchev–Trinajstić information content (AvgIpc) is 2.64. The van der Waals surface area contributed by atoms with E-state index < -0.39 is 5.60 Å². The van der Waals surface area contributed by atoms with Gasteiger partial charge in [0.1, 0.15) is 11.9 Å². The second-order valence-corrected chi connectivity index (χ2v) is 7.78. The molecule has 1 aliphatic heterocycles. The standard InChI is InChI=1S/C20H33ClN4O3/c1-4-22-19(23-13-16(2)28-18-7-5-6-17(21)12-18)24-14-20(3,26)15-25-8-10-27-11-9-25/h5-7,12,16,26H,4,8-11,13-15H2,1-3H3,(H2,22,23,24). The lowest BCUT2D eigenvalue weighted by molar-refractivity contribution is -0.0180. The molecule has 1 heterocycles. The smallest absolute Gasteiger partial charge is 0.191 e. The summed E-state index contributed by atoms with van der Waals surface area (Å²) in [6.07, 6.45) is -0.0730. The van der Waals surface area contributed by atoms with Crippen LogP contribution in [0.15, 0.2) is 29.3 Å². The van der Waals surface area contributed by atoms with Crippen molar-refractivity contribution in [3.8, 4) is 5.75 Å². The summed E-state index contributed by atoms with van der Waals surface area (Å²) in [4.78, 5) is 6.76. The summed E-state index contributed by atoms with van der Waals surface area (Å²) < 4.78 is 11.2. The largest absolute Gasteiger partial charge is 0.489 e. The van der Waals surface area contributed by atoms with Crippen LogP contribution < -0.4 is 15.4 Å². The maximum atomic E-state index is 10.7. The molecule has 8 heteroatoms. The van der Waals surface area contributed by atoms with E-state index in [2.05, 4.69) is 20.5 Å². The zero-order valence-electron chi connectivity index (χ0n) is 17.1. The molecular formula is C20H33ClN4O3.